The molecule has 2 heterocycles. The topological polar surface area (TPSA) is 54.6 Å². The zero-order valence-corrected chi connectivity index (χ0v) is 14.5. The molecule has 0 saturated heterocycles. The summed E-state index contributed by atoms with van der Waals surface area (Å²) in [7, 11) is 0. The number of aromatic hydroxyl groups is 1. The Hall–Kier alpha value is -2.59. The number of rotatable bonds is 4. The zero-order valence-electron chi connectivity index (χ0n) is 13.8. The molecular formula is C20H17ClN2O2. The maximum Gasteiger partial charge on any atom is 0.279 e. The second-order valence-electron chi connectivity index (χ2n) is 6.17. The Kier molecular flexibility index (Phi) is 3.85. The molecule has 0 fully saturated rings. The number of aryl methyl sites for hydroxylation is 1. The number of para-hydroxylation sites is 1. The fourth-order valence-corrected chi connectivity index (χ4v) is 3.58. The van der Waals surface area contributed by atoms with Gasteiger partial charge in [0, 0.05) is 22.2 Å². The van der Waals surface area contributed by atoms with Crippen LogP contribution >= 0.6 is 11.6 Å². The van der Waals surface area contributed by atoms with Gasteiger partial charge in [-0.25, -0.2) is 4.99 Å². The molecule has 1 aromatic heterocycles. The van der Waals surface area contributed by atoms with E-state index in [-0.39, 0.29) is 11.8 Å². The summed E-state index contributed by atoms with van der Waals surface area (Å²) in [4.78, 5) is 16.7. The van der Waals surface area contributed by atoms with E-state index in [0.29, 0.717) is 33.3 Å². The van der Waals surface area contributed by atoms with Crippen molar-refractivity contribution in [1.29, 1.82) is 0 Å². The van der Waals surface area contributed by atoms with Crippen LogP contribution in [0, 0.1) is 0 Å². The lowest BCUT2D eigenvalue weighted by Crippen LogP contribution is -2.22. The van der Waals surface area contributed by atoms with Gasteiger partial charge in [-0.15, -0.1) is 0 Å². The quantitative estimate of drug-likeness (QED) is 0.784. The van der Waals surface area contributed by atoms with Gasteiger partial charge >= 0.3 is 0 Å². The van der Waals surface area contributed by atoms with Gasteiger partial charge in [0.2, 0.25) is 0 Å². The molecule has 1 amide bonds. The molecule has 1 N–H and O–H groups in total. The largest absolute Gasteiger partial charge is 0.494 e. The average Bonchev–Trinajstić information content (AvgIpc) is 3.06. The van der Waals surface area contributed by atoms with E-state index < -0.39 is 0 Å². The molecule has 1 aliphatic rings. The Morgan fingerprint density at radius 1 is 1.20 bits per heavy atom. The van der Waals surface area contributed by atoms with Gasteiger partial charge in [-0.2, -0.15) is 0 Å². The Balaban J connectivity index is 2.09. The highest BCUT2D eigenvalue weighted by atomic mass is 35.5. The molecule has 0 saturated carbocycles. The number of halogens is 1. The average molecular weight is 353 g/mol. The summed E-state index contributed by atoms with van der Waals surface area (Å²) < 4.78 is 1.87. The Morgan fingerprint density at radius 2 is 2.00 bits per heavy atom. The number of carbonyl (C=O) groups excluding carboxylic acids is 1. The Bertz CT molecular complexity index is 1130. The van der Waals surface area contributed by atoms with Crippen molar-refractivity contribution >= 4 is 34.0 Å². The Morgan fingerprint density at radius 3 is 2.80 bits per heavy atom. The van der Waals surface area contributed by atoms with Crippen LogP contribution < -0.4 is 10.6 Å². The van der Waals surface area contributed by atoms with Gasteiger partial charge in [0.1, 0.15) is 0 Å². The van der Waals surface area contributed by atoms with E-state index in [1.807, 2.05) is 28.8 Å². The van der Waals surface area contributed by atoms with Gasteiger partial charge in [-0.1, -0.05) is 43.1 Å². The number of nitrogens with zero attached hydrogens (tertiary/aromatic N) is 2. The van der Waals surface area contributed by atoms with Crippen LogP contribution in [0.5, 0.6) is 5.88 Å². The van der Waals surface area contributed by atoms with Crippen LogP contribution in [-0.4, -0.2) is 15.6 Å². The second-order valence-corrected chi connectivity index (χ2v) is 6.61. The molecule has 126 valence electrons. The minimum atomic E-state index is -0.342. The van der Waals surface area contributed by atoms with Crippen molar-refractivity contribution in [2.45, 2.75) is 26.3 Å². The van der Waals surface area contributed by atoms with Crippen molar-refractivity contribution in [2.24, 2.45) is 4.99 Å². The molecule has 5 heteroatoms. The molecule has 2 aromatic carbocycles. The highest BCUT2D eigenvalue weighted by Crippen LogP contribution is 2.36. The standard InChI is InChI=1S/C20H17ClN2O2/c1-2-3-10-23-16-7-5-4-6-13(16)18(20(23)25)17-14-11-12(21)8-9-15(14)22-19(17)24/h4-9,11,25H,2-3,10H2,1H3. The molecule has 25 heavy (non-hydrogen) atoms. The van der Waals surface area contributed by atoms with Gasteiger partial charge in [-0.3, -0.25) is 4.79 Å². The number of carbonyl (C=O) groups is 1. The summed E-state index contributed by atoms with van der Waals surface area (Å²) in [5.41, 5.74) is 1.88. The van der Waals surface area contributed by atoms with Crippen LogP contribution in [0.15, 0.2) is 47.5 Å². The third-order valence-corrected chi connectivity index (χ3v) is 4.83. The normalized spacial score (nSPS) is 13.4. The third kappa shape index (κ3) is 2.45. The van der Waals surface area contributed by atoms with Crippen molar-refractivity contribution in [3.05, 3.63) is 63.6 Å². The number of aromatic nitrogens is 1. The van der Waals surface area contributed by atoms with Crippen molar-refractivity contribution in [2.75, 3.05) is 0 Å². The highest BCUT2D eigenvalue weighted by Gasteiger charge is 2.27. The summed E-state index contributed by atoms with van der Waals surface area (Å²) in [6.45, 7) is 2.81. The molecule has 0 spiro atoms. The monoisotopic (exact) mass is 352 g/mol. The molecule has 0 unspecified atom stereocenters. The summed E-state index contributed by atoms with van der Waals surface area (Å²) in [5.74, 6) is -0.230. The van der Waals surface area contributed by atoms with E-state index in [4.69, 9.17) is 11.6 Å². The fourth-order valence-electron chi connectivity index (χ4n) is 3.41. The molecule has 4 rings (SSSR count). The number of unbranched alkanes of at least 4 members (excludes halogenated alkanes) is 1. The number of amides is 1. The van der Waals surface area contributed by atoms with Crippen LogP contribution in [0.3, 0.4) is 0 Å². The number of fused-ring (bicyclic) bond motifs is 2. The minimum absolute atomic E-state index is 0.112. The van der Waals surface area contributed by atoms with E-state index in [1.54, 1.807) is 18.2 Å². The zero-order chi connectivity index (χ0) is 17.6. The molecular weight excluding hydrogens is 336 g/mol. The summed E-state index contributed by atoms with van der Waals surface area (Å²) in [5, 5.41) is 13.6. The number of benzene rings is 2. The molecule has 0 bridgehead atoms. The molecule has 0 radical (unpaired) electrons. The first-order valence-corrected chi connectivity index (χ1v) is 8.73. The first-order valence-electron chi connectivity index (χ1n) is 8.35. The van der Waals surface area contributed by atoms with Crippen molar-refractivity contribution in [1.82, 2.24) is 4.57 Å². The number of hydrogen-bond acceptors (Lipinski definition) is 2. The van der Waals surface area contributed by atoms with Crippen molar-refractivity contribution < 1.29 is 9.90 Å². The number of hydrogen-bond donors (Lipinski definition) is 1. The van der Waals surface area contributed by atoms with E-state index in [0.717, 1.165) is 23.7 Å². The van der Waals surface area contributed by atoms with E-state index in [9.17, 15) is 9.90 Å². The summed E-state index contributed by atoms with van der Waals surface area (Å²) in [6.07, 6.45) is 1.96. The maximum atomic E-state index is 12.6. The minimum Gasteiger partial charge on any atom is -0.494 e. The maximum absolute atomic E-state index is 12.6. The predicted octanol–water partition coefficient (Wildman–Crippen LogP) is 3.16. The molecule has 0 atom stereocenters. The SMILES string of the molecule is CCCCn1c(O)c(C2=c3cc(Cl)ccc3=NC2=O)c2ccccc21. The second kappa shape index (κ2) is 6.05. The van der Waals surface area contributed by atoms with Crippen molar-refractivity contribution in [3.8, 4) is 5.88 Å². The van der Waals surface area contributed by atoms with Crippen molar-refractivity contribution in [3.63, 3.8) is 0 Å². The highest BCUT2D eigenvalue weighted by molar-refractivity contribution is 6.31. The fraction of sp³-hybridized carbons (Fsp3) is 0.200. The van der Waals surface area contributed by atoms with Crippen LogP contribution in [-0.2, 0) is 11.3 Å². The van der Waals surface area contributed by atoms with E-state index >= 15 is 0 Å². The lowest BCUT2D eigenvalue weighted by atomic mass is 10.0. The van der Waals surface area contributed by atoms with Gasteiger partial charge in [-0.05, 0) is 30.7 Å². The van der Waals surface area contributed by atoms with E-state index in [2.05, 4.69) is 11.9 Å². The van der Waals surface area contributed by atoms with Gasteiger partial charge < -0.3 is 9.67 Å². The lowest BCUT2D eigenvalue weighted by Gasteiger charge is -2.06. The molecule has 4 nitrogen and oxygen atoms in total. The first-order chi connectivity index (χ1) is 12.1. The van der Waals surface area contributed by atoms with Crippen LogP contribution in [0.4, 0.5) is 0 Å². The van der Waals surface area contributed by atoms with E-state index in [1.165, 1.54) is 0 Å². The van der Waals surface area contributed by atoms with Gasteiger partial charge in [0.25, 0.3) is 5.91 Å². The van der Waals surface area contributed by atoms with Crippen LogP contribution in [0.2, 0.25) is 5.02 Å². The summed E-state index contributed by atoms with van der Waals surface area (Å²) in [6, 6.07) is 12.9. The predicted molar refractivity (Wildman–Crippen MR) is 98.3 cm³/mol. The van der Waals surface area contributed by atoms with Gasteiger partial charge in [0.15, 0.2) is 5.88 Å². The molecule has 0 aliphatic carbocycles. The molecule has 1 aliphatic heterocycles. The van der Waals surface area contributed by atoms with Gasteiger partial charge in [0.05, 0.1) is 22.0 Å². The smallest absolute Gasteiger partial charge is 0.279 e. The lowest BCUT2D eigenvalue weighted by molar-refractivity contribution is -0.112. The summed E-state index contributed by atoms with van der Waals surface area (Å²) >= 11 is 6.12. The van der Waals surface area contributed by atoms with Crippen LogP contribution in [0.1, 0.15) is 25.3 Å². The van der Waals surface area contributed by atoms with Crippen LogP contribution in [0.25, 0.3) is 16.5 Å². The molecule has 3 aromatic rings. The first kappa shape index (κ1) is 15.9. The third-order valence-electron chi connectivity index (χ3n) is 4.59. The Labute approximate surface area is 149 Å².